The van der Waals surface area contributed by atoms with E-state index in [2.05, 4.69) is 64.3 Å². The number of anilines is 3. The van der Waals surface area contributed by atoms with Crippen LogP contribution in [0.25, 0.3) is 11.2 Å². The summed E-state index contributed by atoms with van der Waals surface area (Å²) in [5.41, 5.74) is 6.37. The van der Waals surface area contributed by atoms with Crippen LogP contribution in [0.2, 0.25) is 0 Å². The van der Waals surface area contributed by atoms with Crippen molar-refractivity contribution in [3.05, 3.63) is 53.9 Å². The number of aromatic nitrogens is 6. The van der Waals surface area contributed by atoms with E-state index in [1.54, 1.807) is 12.7 Å². The van der Waals surface area contributed by atoms with Gasteiger partial charge in [0.15, 0.2) is 11.5 Å². The summed E-state index contributed by atoms with van der Waals surface area (Å²) in [5, 5.41) is 3.42. The second-order valence-electron chi connectivity index (χ2n) is 10.1. The fraction of sp³-hybridized carbons (Fsp3) is 0.462. The van der Waals surface area contributed by atoms with E-state index in [-0.39, 0.29) is 0 Å². The largest absolute Gasteiger partial charge is 0.354 e. The molecule has 0 spiro atoms. The lowest BCUT2D eigenvalue weighted by Gasteiger charge is -2.32. The second-order valence-corrected chi connectivity index (χ2v) is 10.1. The van der Waals surface area contributed by atoms with Crippen LogP contribution in [-0.2, 0) is 12.8 Å². The van der Waals surface area contributed by atoms with E-state index in [1.807, 2.05) is 0 Å². The molecule has 0 atom stereocenters. The van der Waals surface area contributed by atoms with Gasteiger partial charge in [0.25, 0.3) is 0 Å². The van der Waals surface area contributed by atoms with Crippen LogP contribution in [0.1, 0.15) is 48.6 Å². The van der Waals surface area contributed by atoms with Crippen molar-refractivity contribution in [1.82, 2.24) is 34.8 Å². The molecule has 9 nitrogen and oxygen atoms in total. The molecule has 0 bridgehead atoms. The van der Waals surface area contributed by atoms with Crippen molar-refractivity contribution in [3.63, 3.8) is 0 Å². The van der Waals surface area contributed by atoms with Gasteiger partial charge in [0.2, 0.25) is 5.95 Å². The van der Waals surface area contributed by atoms with Gasteiger partial charge in [-0.1, -0.05) is 12.1 Å². The highest BCUT2D eigenvalue weighted by Crippen LogP contribution is 2.35. The molecular formula is C26H31N9. The lowest BCUT2D eigenvalue weighted by Crippen LogP contribution is -2.34. The van der Waals surface area contributed by atoms with Crippen LogP contribution in [0, 0.1) is 0 Å². The van der Waals surface area contributed by atoms with Gasteiger partial charge in [-0.3, -0.25) is 0 Å². The number of fused-ring (bicyclic) bond motifs is 2. The molecule has 1 saturated carbocycles. The zero-order valence-corrected chi connectivity index (χ0v) is 19.9. The van der Waals surface area contributed by atoms with Crippen LogP contribution < -0.4 is 10.2 Å². The van der Waals surface area contributed by atoms with E-state index in [0.717, 1.165) is 54.7 Å². The Kier molecular flexibility index (Phi) is 5.15. The molecule has 1 saturated heterocycles. The number of likely N-dealkylation sites (tertiary alicyclic amines) is 1. The lowest BCUT2D eigenvalue weighted by molar-refractivity contribution is 0.203. The maximum Gasteiger partial charge on any atom is 0.231 e. The minimum atomic E-state index is 0.575. The lowest BCUT2D eigenvalue weighted by atomic mass is 9.89. The van der Waals surface area contributed by atoms with Crippen LogP contribution in [0.3, 0.4) is 0 Å². The van der Waals surface area contributed by atoms with E-state index < -0.39 is 0 Å². The highest BCUT2D eigenvalue weighted by Gasteiger charge is 2.32. The highest BCUT2D eigenvalue weighted by molar-refractivity contribution is 5.84. The van der Waals surface area contributed by atoms with Gasteiger partial charge >= 0.3 is 0 Å². The van der Waals surface area contributed by atoms with Crippen LogP contribution in [0.4, 0.5) is 17.5 Å². The van der Waals surface area contributed by atoms with Gasteiger partial charge in [-0.15, -0.1) is 0 Å². The summed E-state index contributed by atoms with van der Waals surface area (Å²) in [7, 11) is 0. The SMILES string of the molecule is c1nc2c([nH]1)CCN(c1nc(Nc3ccc(C4CCN(C5CC5)CC4)cc3)nc3nc[nH]c13)CC2. The van der Waals surface area contributed by atoms with Crippen LogP contribution >= 0.6 is 0 Å². The Morgan fingerprint density at radius 1 is 0.829 bits per heavy atom. The van der Waals surface area contributed by atoms with Crippen molar-refractivity contribution in [3.8, 4) is 0 Å². The molecule has 7 rings (SSSR count). The smallest absolute Gasteiger partial charge is 0.231 e. The quantitative estimate of drug-likeness (QED) is 0.409. The molecular weight excluding hydrogens is 438 g/mol. The van der Waals surface area contributed by atoms with Gasteiger partial charge in [-0.25, -0.2) is 9.97 Å². The first-order valence-corrected chi connectivity index (χ1v) is 12.9. The number of nitrogens with one attached hydrogen (secondary N) is 3. The third kappa shape index (κ3) is 4.14. The molecule has 0 amide bonds. The van der Waals surface area contributed by atoms with Gasteiger partial charge in [0.05, 0.1) is 18.3 Å². The molecule has 0 unspecified atom stereocenters. The topological polar surface area (TPSA) is 102 Å². The number of rotatable bonds is 5. The third-order valence-electron chi connectivity index (χ3n) is 7.85. The van der Waals surface area contributed by atoms with Crippen LogP contribution in [-0.4, -0.2) is 67.0 Å². The molecule has 2 fully saturated rings. The summed E-state index contributed by atoms with van der Waals surface area (Å²) in [6.07, 6.45) is 10.6. The zero-order chi connectivity index (χ0) is 23.2. The summed E-state index contributed by atoms with van der Waals surface area (Å²) in [5.74, 6) is 2.13. The number of H-pyrrole nitrogens is 2. The van der Waals surface area contributed by atoms with Crippen LogP contribution in [0.15, 0.2) is 36.9 Å². The molecule has 3 aliphatic rings. The summed E-state index contributed by atoms with van der Waals surface area (Å²) in [6, 6.07) is 9.73. The molecule has 3 aromatic heterocycles. The first kappa shape index (κ1) is 20.9. The van der Waals surface area contributed by atoms with Gasteiger partial charge in [-0.05, 0) is 62.4 Å². The monoisotopic (exact) mass is 469 g/mol. The third-order valence-corrected chi connectivity index (χ3v) is 7.85. The molecule has 180 valence electrons. The van der Waals surface area contributed by atoms with E-state index in [0.29, 0.717) is 17.5 Å². The minimum absolute atomic E-state index is 0.575. The number of hydrogen-bond donors (Lipinski definition) is 3. The number of benzene rings is 1. The van der Waals surface area contributed by atoms with Crippen molar-refractivity contribution >= 4 is 28.6 Å². The predicted molar refractivity (Wildman–Crippen MR) is 136 cm³/mol. The molecule has 1 aliphatic carbocycles. The van der Waals surface area contributed by atoms with E-state index >= 15 is 0 Å². The number of aromatic amines is 2. The average molecular weight is 470 g/mol. The van der Waals surface area contributed by atoms with E-state index in [4.69, 9.17) is 4.98 Å². The number of piperidine rings is 1. The highest BCUT2D eigenvalue weighted by atomic mass is 15.3. The van der Waals surface area contributed by atoms with Gasteiger partial charge < -0.3 is 25.1 Å². The summed E-state index contributed by atoms with van der Waals surface area (Å²) < 4.78 is 0. The molecule has 9 heteroatoms. The molecule has 5 heterocycles. The maximum absolute atomic E-state index is 4.92. The van der Waals surface area contributed by atoms with Crippen molar-refractivity contribution in [2.45, 2.75) is 50.5 Å². The fourth-order valence-corrected chi connectivity index (χ4v) is 5.70. The normalized spacial score (nSPS) is 19.6. The maximum atomic E-state index is 4.92. The summed E-state index contributed by atoms with van der Waals surface area (Å²) in [6.45, 7) is 4.21. The first-order chi connectivity index (χ1) is 17.3. The number of imidazole rings is 2. The Morgan fingerprint density at radius 3 is 2.46 bits per heavy atom. The van der Waals surface area contributed by atoms with Gasteiger partial charge in [0.1, 0.15) is 5.52 Å². The molecule has 4 aromatic rings. The van der Waals surface area contributed by atoms with Crippen molar-refractivity contribution in [1.29, 1.82) is 0 Å². The van der Waals surface area contributed by atoms with E-state index in [9.17, 15) is 0 Å². The molecule has 2 aliphatic heterocycles. The summed E-state index contributed by atoms with van der Waals surface area (Å²) in [4.78, 5) is 30.0. The van der Waals surface area contributed by atoms with Gasteiger partial charge in [-0.2, -0.15) is 9.97 Å². The number of hydrogen-bond acceptors (Lipinski definition) is 7. The first-order valence-electron chi connectivity index (χ1n) is 12.9. The fourth-order valence-electron chi connectivity index (χ4n) is 5.70. The van der Waals surface area contributed by atoms with Gasteiger partial charge in [0, 0.05) is 43.4 Å². The van der Waals surface area contributed by atoms with Crippen molar-refractivity contribution < 1.29 is 0 Å². The molecule has 1 aromatic carbocycles. The Morgan fingerprint density at radius 2 is 1.63 bits per heavy atom. The zero-order valence-electron chi connectivity index (χ0n) is 19.9. The Hall–Kier alpha value is -3.46. The predicted octanol–water partition coefficient (Wildman–Crippen LogP) is 3.77. The van der Waals surface area contributed by atoms with E-state index in [1.165, 1.54) is 50.0 Å². The standard InChI is InChI=1S/C26H31N9/c1-3-19(4-2-17(1)18-7-11-34(12-8-18)20-5-6-20)31-26-32-24-23(29-16-30-24)25(33-26)35-13-9-21-22(10-14-35)28-15-27-21/h1-4,15-16,18,20H,5-14H2,(H,27,28)(H2,29,30,31,32,33). The Bertz CT molecular complexity index is 1290. The molecule has 0 radical (unpaired) electrons. The van der Waals surface area contributed by atoms with Crippen LogP contribution in [0.5, 0.6) is 0 Å². The van der Waals surface area contributed by atoms with Crippen molar-refractivity contribution in [2.75, 3.05) is 36.4 Å². The summed E-state index contributed by atoms with van der Waals surface area (Å²) >= 11 is 0. The van der Waals surface area contributed by atoms with Crippen molar-refractivity contribution in [2.24, 2.45) is 0 Å². The average Bonchev–Trinajstić information content (AvgIpc) is 3.53. The molecule has 35 heavy (non-hydrogen) atoms. The molecule has 3 N–H and O–H groups in total. The Balaban J connectivity index is 1.08. The Labute approximate surface area is 204 Å². The number of nitrogens with zero attached hydrogens (tertiary/aromatic N) is 6. The second kappa shape index (κ2) is 8.64. The minimum Gasteiger partial charge on any atom is -0.354 e.